The van der Waals surface area contributed by atoms with Crippen LogP contribution in [0.3, 0.4) is 0 Å². The lowest BCUT2D eigenvalue weighted by Crippen LogP contribution is -2.20. The lowest BCUT2D eigenvalue weighted by molar-refractivity contribution is 0.0895. The molecule has 5 nitrogen and oxygen atoms in total. The highest BCUT2D eigenvalue weighted by molar-refractivity contribution is 4.99. The molecule has 23 heavy (non-hydrogen) atoms. The predicted molar refractivity (Wildman–Crippen MR) is 92.3 cm³/mol. The first kappa shape index (κ1) is 20.0. The van der Waals surface area contributed by atoms with Crippen LogP contribution in [-0.2, 0) is 19.3 Å². The maximum atomic E-state index is 10.0. The molecule has 5 heteroatoms. The van der Waals surface area contributed by atoms with Gasteiger partial charge < -0.3 is 10.2 Å². The van der Waals surface area contributed by atoms with Gasteiger partial charge in [-0.05, 0) is 26.2 Å². The molecule has 2 atom stereocenters. The molecule has 1 aromatic rings. The van der Waals surface area contributed by atoms with E-state index < -0.39 is 12.2 Å². The molecule has 0 fully saturated rings. The standard InChI is InChI=1S/C18H33N3O2/c1-4-6-8-10-16-19-17(11-9-7-5-2)21-18(20-16)13-15(23)12-14(3)22/h14-15,22-23H,4-13H2,1-3H3. The smallest absolute Gasteiger partial charge is 0.135 e. The number of aliphatic hydroxyl groups is 2. The summed E-state index contributed by atoms with van der Waals surface area (Å²) in [6.45, 7) is 6.05. The van der Waals surface area contributed by atoms with Crippen LogP contribution in [0.25, 0.3) is 0 Å². The monoisotopic (exact) mass is 323 g/mol. The first-order chi connectivity index (χ1) is 11.0. The number of aromatic nitrogens is 3. The number of hydrogen-bond acceptors (Lipinski definition) is 5. The fourth-order valence-corrected chi connectivity index (χ4v) is 2.59. The zero-order valence-electron chi connectivity index (χ0n) is 15.0. The van der Waals surface area contributed by atoms with Gasteiger partial charge in [-0.15, -0.1) is 0 Å². The second-order valence-corrected chi connectivity index (χ2v) is 6.44. The summed E-state index contributed by atoms with van der Waals surface area (Å²) in [5.41, 5.74) is 0. The van der Waals surface area contributed by atoms with Crippen molar-refractivity contribution >= 4 is 0 Å². The van der Waals surface area contributed by atoms with Gasteiger partial charge in [-0.3, -0.25) is 0 Å². The minimum Gasteiger partial charge on any atom is -0.393 e. The van der Waals surface area contributed by atoms with Crippen molar-refractivity contribution in [2.45, 2.75) is 97.2 Å². The van der Waals surface area contributed by atoms with Crippen LogP contribution in [-0.4, -0.2) is 37.4 Å². The topological polar surface area (TPSA) is 79.1 Å². The molecule has 0 radical (unpaired) electrons. The average Bonchev–Trinajstić information content (AvgIpc) is 2.46. The minimum atomic E-state index is -0.607. The molecule has 2 N–H and O–H groups in total. The molecule has 0 bridgehead atoms. The van der Waals surface area contributed by atoms with E-state index in [2.05, 4.69) is 28.8 Å². The zero-order chi connectivity index (χ0) is 17.1. The summed E-state index contributed by atoms with van der Waals surface area (Å²) in [6.07, 6.45) is 8.24. The normalized spacial score (nSPS) is 14.0. The van der Waals surface area contributed by atoms with Crippen molar-refractivity contribution < 1.29 is 10.2 Å². The first-order valence-electron chi connectivity index (χ1n) is 9.14. The van der Waals surface area contributed by atoms with Gasteiger partial charge in [-0.25, -0.2) is 15.0 Å². The van der Waals surface area contributed by atoms with Gasteiger partial charge in [0.1, 0.15) is 17.5 Å². The number of rotatable bonds is 12. The Balaban J connectivity index is 2.75. The van der Waals surface area contributed by atoms with Gasteiger partial charge in [0.05, 0.1) is 12.2 Å². The third-order valence-electron chi connectivity index (χ3n) is 3.81. The quantitative estimate of drug-likeness (QED) is 0.578. The average molecular weight is 323 g/mol. The summed E-state index contributed by atoms with van der Waals surface area (Å²) < 4.78 is 0. The van der Waals surface area contributed by atoms with Crippen LogP contribution in [0.5, 0.6) is 0 Å². The van der Waals surface area contributed by atoms with Gasteiger partial charge >= 0.3 is 0 Å². The molecule has 1 heterocycles. The summed E-state index contributed by atoms with van der Waals surface area (Å²) in [7, 11) is 0. The van der Waals surface area contributed by atoms with Gasteiger partial charge in [-0.1, -0.05) is 39.5 Å². The fourth-order valence-electron chi connectivity index (χ4n) is 2.59. The van der Waals surface area contributed by atoms with Crippen molar-refractivity contribution in [3.63, 3.8) is 0 Å². The van der Waals surface area contributed by atoms with Gasteiger partial charge in [0.2, 0.25) is 0 Å². The van der Waals surface area contributed by atoms with Crippen LogP contribution in [0.2, 0.25) is 0 Å². The van der Waals surface area contributed by atoms with Crippen molar-refractivity contribution in [2.75, 3.05) is 0 Å². The predicted octanol–water partition coefficient (Wildman–Crippen LogP) is 3.01. The molecule has 1 aromatic heterocycles. The van der Waals surface area contributed by atoms with E-state index in [9.17, 15) is 10.2 Å². The molecule has 0 aliphatic carbocycles. The van der Waals surface area contributed by atoms with Gasteiger partial charge in [0.15, 0.2) is 0 Å². The second kappa shape index (κ2) is 11.5. The number of nitrogens with zero attached hydrogens (tertiary/aromatic N) is 3. The number of aliphatic hydroxyl groups excluding tert-OH is 2. The molecule has 0 spiro atoms. The number of aryl methyl sites for hydroxylation is 2. The van der Waals surface area contributed by atoms with E-state index in [4.69, 9.17) is 0 Å². The Morgan fingerprint density at radius 2 is 1.26 bits per heavy atom. The van der Waals surface area contributed by atoms with Crippen molar-refractivity contribution in [3.8, 4) is 0 Å². The zero-order valence-corrected chi connectivity index (χ0v) is 15.0. The molecule has 0 aliphatic heterocycles. The fraction of sp³-hybridized carbons (Fsp3) is 0.833. The molecule has 1 rings (SSSR count). The third kappa shape index (κ3) is 8.96. The molecule has 132 valence electrons. The SMILES string of the molecule is CCCCCc1nc(CCCCC)nc(CC(O)CC(C)O)n1. The highest BCUT2D eigenvalue weighted by Gasteiger charge is 2.13. The Labute approximate surface area is 140 Å². The van der Waals surface area contributed by atoms with E-state index in [-0.39, 0.29) is 0 Å². The molecular formula is C18H33N3O2. The maximum Gasteiger partial charge on any atom is 0.135 e. The van der Waals surface area contributed by atoms with Gasteiger partial charge in [-0.2, -0.15) is 0 Å². The van der Waals surface area contributed by atoms with Crippen molar-refractivity contribution in [1.29, 1.82) is 0 Å². The highest BCUT2D eigenvalue weighted by Crippen LogP contribution is 2.09. The summed E-state index contributed by atoms with van der Waals surface area (Å²) >= 11 is 0. The van der Waals surface area contributed by atoms with E-state index in [1.165, 1.54) is 25.7 Å². The van der Waals surface area contributed by atoms with E-state index in [1.54, 1.807) is 6.92 Å². The first-order valence-corrected chi connectivity index (χ1v) is 9.14. The van der Waals surface area contributed by atoms with E-state index in [0.717, 1.165) is 37.3 Å². The molecule has 2 unspecified atom stereocenters. The summed E-state index contributed by atoms with van der Waals surface area (Å²) in [5, 5.41) is 19.4. The van der Waals surface area contributed by atoms with E-state index in [1.807, 2.05) is 0 Å². The van der Waals surface area contributed by atoms with Crippen LogP contribution in [0.4, 0.5) is 0 Å². The lowest BCUT2D eigenvalue weighted by Gasteiger charge is -2.13. The van der Waals surface area contributed by atoms with Crippen LogP contribution in [0.15, 0.2) is 0 Å². The van der Waals surface area contributed by atoms with Crippen LogP contribution < -0.4 is 0 Å². The number of hydrogen-bond donors (Lipinski definition) is 2. The van der Waals surface area contributed by atoms with Gasteiger partial charge in [0, 0.05) is 19.3 Å². The Hall–Kier alpha value is -1.07. The highest BCUT2D eigenvalue weighted by atomic mass is 16.3. The number of unbranched alkanes of at least 4 members (excludes halogenated alkanes) is 4. The van der Waals surface area contributed by atoms with Crippen molar-refractivity contribution in [1.82, 2.24) is 15.0 Å². The minimum absolute atomic E-state index is 0.349. The summed E-state index contributed by atoms with van der Waals surface area (Å²) in [6, 6.07) is 0. The van der Waals surface area contributed by atoms with E-state index >= 15 is 0 Å². The van der Waals surface area contributed by atoms with Crippen LogP contribution in [0, 0.1) is 0 Å². The second-order valence-electron chi connectivity index (χ2n) is 6.44. The molecule has 0 amide bonds. The van der Waals surface area contributed by atoms with Crippen molar-refractivity contribution in [3.05, 3.63) is 17.5 Å². The molecule has 0 saturated carbocycles. The Bertz CT molecular complexity index is 410. The van der Waals surface area contributed by atoms with Crippen LogP contribution >= 0.6 is 0 Å². The lowest BCUT2D eigenvalue weighted by atomic mass is 10.1. The summed E-state index contributed by atoms with van der Waals surface area (Å²) in [5.74, 6) is 2.35. The maximum absolute atomic E-state index is 10.0. The van der Waals surface area contributed by atoms with Crippen molar-refractivity contribution in [2.24, 2.45) is 0 Å². The van der Waals surface area contributed by atoms with E-state index in [0.29, 0.717) is 18.7 Å². The molecule has 0 aromatic carbocycles. The molecular weight excluding hydrogens is 290 g/mol. The Morgan fingerprint density at radius 3 is 1.70 bits per heavy atom. The Kier molecular flexibility index (Phi) is 9.96. The van der Waals surface area contributed by atoms with Gasteiger partial charge in [0.25, 0.3) is 0 Å². The Morgan fingerprint density at radius 1 is 0.783 bits per heavy atom. The molecule has 0 saturated heterocycles. The van der Waals surface area contributed by atoms with Crippen LogP contribution in [0.1, 0.15) is 83.2 Å². The molecule has 0 aliphatic rings. The summed E-state index contributed by atoms with van der Waals surface area (Å²) in [4.78, 5) is 13.6. The third-order valence-corrected chi connectivity index (χ3v) is 3.81. The largest absolute Gasteiger partial charge is 0.393 e.